The average Bonchev–Trinajstić information content (AvgIpc) is 2.52. The van der Waals surface area contributed by atoms with Crippen LogP contribution in [0.15, 0.2) is 35.3 Å². The van der Waals surface area contributed by atoms with Gasteiger partial charge in [0.2, 0.25) is 0 Å². The maximum Gasteiger partial charge on any atom is 0.185 e. The first-order valence-electron chi connectivity index (χ1n) is 7.58. The summed E-state index contributed by atoms with van der Waals surface area (Å²) in [5.41, 5.74) is 16.4. The van der Waals surface area contributed by atoms with E-state index in [0.717, 1.165) is 6.42 Å². The van der Waals surface area contributed by atoms with Crippen LogP contribution in [0.3, 0.4) is 0 Å². The van der Waals surface area contributed by atoms with Gasteiger partial charge in [-0.1, -0.05) is 30.3 Å². The summed E-state index contributed by atoms with van der Waals surface area (Å²) in [6, 6.07) is 8.91. The molecule has 0 aromatic heterocycles. The minimum atomic E-state index is -1.25. The van der Waals surface area contributed by atoms with Crippen LogP contribution in [-0.4, -0.2) is 30.5 Å². The molecule has 26 heavy (non-hydrogen) atoms. The van der Waals surface area contributed by atoms with Crippen LogP contribution in [0, 0.1) is 7.43 Å². The predicted molar refractivity (Wildman–Crippen MR) is 93.7 cm³/mol. The second-order valence-electron chi connectivity index (χ2n) is 5.09. The van der Waals surface area contributed by atoms with Crippen LogP contribution in [0.5, 0.6) is 0 Å². The number of nitrogens with two attached hydrogens (primary N) is 3. The molecule has 1 rings (SSSR count). The molecule has 145 valence electrons. The van der Waals surface area contributed by atoms with E-state index in [0.29, 0.717) is 25.8 Å². The number of aryl methyl sites for hydroxylation is 1. The van der Waals surface area contributed by atoms with Gasteiger partial charge in [0, 0.05) is 51.3 Å². The molecule has 0 spiro atoms. The molecule has 1 unspecified atom stereocenters. The maximum absolute atomic E-state index is 10.1. The van der Waals surface area contributed by atoms with Gasteiger partial charge in [0.25, 0.3) is 0 Å². The molecule has 1 aromatic rings. The molecule has 0 bridgehead atoms. The summed E-state index contributed by atoms with van der Waals surface area (Å²) in [5, 5.41) is 20.2. The number of guanidine groups is 1. The van der Waals surface area contributed by atoms with Crippen LogP contribution in [0.1, 0.15) is 31.2 Å². The quantitative estimate of drug-likeness (QED) is 0.178. The maximum atomic E-state index is 10.1. The third-order valence-corrected chi connectivity index (χ3v) is 2.96. The molecule has 0 aliphatic heterocycles. The first kappa shape index (κ1) is 29.3. The number of carboxylic acid groups (broad SMARTS) is 2. The summed E-state index contributed by atoms with van der Waals surface area (Å²) >= 11 is 0. The monoisotopic (exact) mass is 440 g/mol. The average molecular weight is 440 g/mol. The van der Waals surface area contributed by atoms with Gasteiger partial charge in [-0.15, -0.1) is 0 Å². The summed E-state index contributed by atoms with van der Waals surface area (Å²) in [5.74, 6) is -2.22. The van der Waals surface area contributed by atoms with Gasteiger partial charge >= 0.3 is 0 Å². The second kappa shape index (κ2) is 18.3. The van der Waals surface area contributed by atoms with E-state index >= 15 is 0 Å². The molecule has 0 aliphatic rings. The Balaban J connectivity index is -0.000000378. The second-order valence-corrected chi connectivity index (χ2v) is 5.09. The van der Waals surface area contributed by atoms with Crippen molar-refractivity contribution in [2.45, 2.75) is 38.1 Å². The van der Waals surface area contributed by atoms with Crippen molar-refractivity contribution < 1.29 is 52.5 Å². The van der Waals surface area contributed by atoms with Crippen LogP contribution in [0.25, 0.3) is 0 Å². The molecule has 0 saturated carbocycles. The van der Waals surface area contributed by atoms with Crippen molar-refractivity contribution in [1.29, 1.82) is 0 Å². The molecule has 8 nitrogen and oxygen atoms in total. The Bertz CT molecular complexity index is 523. The largest absolute Gasteiger partial charge is 0.550 e. The first-order chi connectivity index (χ1) is 11.3. The number of aliphatic carboxylic acids is 2. The number of benzene rings is 1. The van der Waals surface area contributed by atoms with E-state index < -0.39 is 18.0 Å². The number of hydrogen-bond acceptors (Lipinski definition) is 6. The fourth-order valence-corrected chi connectivity index (χ4v) is 1.72. The molecular formula is C17H27N4O4Y-3. The molecule has 1 radical (unpaired) electrons. The zero-order valence-electron chi connectivity index (χ0n) is 15.1. The molecule has 1 aromatic carbocycles. The minimum absolute atomic E-state index is 0. The number of carbonyl (C=O) groups excluding carboxylic acids is 2. The van der Waals surface area contributed by atoms with Crippen molar-refractivity contribution in [2.24, 2.45) is 22.2 Å². The van der Waals surface area contributed by atoms with Crippen molar-refractivity contribution in [3.8, 4) is 0 Å². The molecule has 0 aliphatic carbocycles. The number of carbonyl (C=O) groups is 2. The molecule has 0 saturated heterocycles. The summed E-state index contributed by atoms with van der Waals surface area (Å²) < 4.78 is 0. The Labute approximate surface area is 180 Å². The Morgan fingerprint density at radius 3 is 2.12 bits per heavy atom. The minimum Gasteiger partial charge on any atom is -0.550 e. The Kier molecular flexibility index (Phi) is 20.6. The smallest absolute Gasteiger partial charge is 0.185 e. The summed E-state index contributed by atoms with van der Waals surface area (Å²) in [6.07, 6.45) is 2.47. The number of hydrogen-bond donors (Lipinski definition) is 3. The summed E-state index contributed by atoms with van der Waals surface area (Å²) in [7, 11) is 0. The van der Waals surface area contributed by atoms with Gasteiger partial charge in [0.1, 0.15) is 0 Å². The van der Waals surface area contributed by atoms with Gasteiger partial charge in [-0.05, 0) is 37.7 Å². The van der Waals surface area contributed by atoms with Crippen molar-refractivity contribution in [1.82, 2.24) is 0 Å². The SMILES string of the molecule is NC(N)=NCCCC(N)C(=O)[O-].O=C([O-])CCCc1ccccc1.[CH3-].[Y]. The van der Waals surface area contributed by atoms with E-state index in [1.165, 1.54) is 5.56 Å². The van der Waals surface area contributed by atoms with E-state index in [4.69, 9.17) is 17.2 Å². The zero-order chi connectivity index (χ0) is 18.4. The third kappa shape index (κ3) is 18.8. The molecule has 6 N–H and O–H groups in total. The topological polar surface area (TPSA) is 171 Å². The van der Waals surface area contributed by atoms with E-state index in [1.807, 2.05) is 30.3 Å². The van der Waals surface area contributed by atoms with E-state index in [2.05, 4.69) is 4.99 Å². The molecular weight excluding hydrogens is 413 g/mol. The predicted octanol–water partition coefficient (Wildman–Crippen LogP) is -1.68. The number of nitrogens with zero attached hydrogens (tertiary/aromatic N) is 1. The Morgan fingerprint density at radius 1 is 1.08 bits per heavy atom. The number of carboxylic acids is 2. The standard InChI is InChI=1S/C10H12O2.C6H14N4O2.CH3.Y/c11-10(12)8-4-7-9-5-2-1-3-6-9;7-4(5(11)12)2-1-3-10-6(8)9;;/h1-3,5-6H,4,7-8H2,(H,11,12);4H,1-3,7H2,(H,11,12)(H4,8,9,10);1H3;/q;;-1;/p-2. The molecule has 0 heterocycles. The van der Waals surface area contributed by atoms with Crippen LogP contribution < -0.4 is 27.4 Å². The Hall–Kier alpha value is -1.51. The van der Waals surface area contributed by atoms with Crippen molar-refractivity contribution >= 4 is 17.9 Å². The van der Waals surface area contributed by atoms with Crippen molar-refractivity contribution in [2.75, 3.05) is 6.54 Å². The van der Waals surface area contributed by atoms with Gasteiger partial charge in [-0.3, -0.25) is 4.99 Å². The van der Waals surface area contributed by atoms with Crippen LogP contribution in [0.2, 0.25) is 0 Å². The van der Waals surface area contributed by atoms with E-state index in [-0.39, 0.29) is 52.5 Å². The van der Waals surface area contributed by atoms with E-state index in [1.54, 1.807) is 0 Å². The van der Waals surface area contributed by atoms with Crippen LogP contribution in [-0.2, 0) is 48.7 Å². The van der Waals surface area contributed by atoms with Gasteiger partial charge in [-0.25, -0.2) is 0 Å². The van der Waals surface area contributed by atoms with Gasteiger partial charge < -0.3 is 44.4 Å². The fourth-order valence-electron chi connectivity index (χ4n) is 1.72. The summed E-state index contributed by atoms with van der Waals surface area (Å²) in [4.78, 5) is 23.8. The molecule has 9 heteroatoms. The molecule has 1 atom stereocenters. The Morgan fingerprint density at radius 2 is 1.65 bits per heavy atom. The number of aliphatic imine (C=N–C) groups is 1. The van der Waals surface area contributed by atoms with Crippen molar-refractivity contribution in [3.63, 3.8) is 0 Å². The van der Waals surface area contributed by atoms with Crippen LogP contribution >= 0.6 is 0 Å². The normalized spacial score (nSPS) is 10.0. The van der Waals surface area contributed by atoms with Gasteiger partial charge in [-0.2, -0.15) is 0 Å². The first-order valence-corrected chi connectivity index (χ1v) is 7.58. The number of rotatable bonds is 9. The fraction of sp³-hybridized carbons (Fsp3) is 0.412. The summed E-state index contributed by atoms with van der Waals surface area (Å²) in [6.45, 7) is 0.392. The van der Waals surface area contributed by atoms with Gasteiger partial charge in [0.05, 0.1) is 5.97 Å². The third-order valence-electron chi connectivity index (χ3n) is 2.96. The van der Waals surface area contributed by atoms with Gasteiger partial charge in [0.15, 0.2) is 5.96 Å². The molecule has 0 fully saturated rings. The zero-order valence-corrected chi connectivity index (χ0v) is 17.9. The molecule has 0 amide bonds. The van der Waals surface area contributed by atoms with Crippen LogP contribution in [0.4, 0.5) is 0 Å². The van der Waals surface area contributed by atoms with E-state index in [9.17, 15) is 19.8 Å². The van der Waals surface area contributed by atoms with Crippen molar-refractivity contribution in [3.05, 3.63) is 43.3 Å².